The van der Waals surface area contributed by atoms with E-state index in [9.17, 15) is 9.59 Å². The lowest BCUT2D eigenvalue weighted by Crippen LogP contribution is -2.59. The molecule has 1 aromatic carbocycles. The smallest absolute Gasteiger partial charge is 0.221 e. The molecule has 1 N–H and O–H groups in total. The van der Waals surface area contributed by atoms with Crippen molar-refractivity contribution >= 4 is 24.1 Å². The second-order valence-electron chi connectivity index (χ2n) is 8.27. The third kappa shape index (κ3) is 3.72. The van der Waals surface area contributed by atoms with Crippen LogP contribution < -0.4 is 10.1 Å². The molecule has 2 fully saturated rings. The molecule has 148 valence electrons. The maximum absolute atomic E-state index is 12.6. The summed E-state index contributed by atoms with van der Waals surface area (Å²) in [6.45, 7) is 7.17. The summed E-state index contributed by atoms with van der Waals surface area (Å²) >= 11 is 0. The van der Waals surface area contributed by atoms with Crippen molar-refractivity contribution in [3.63, 3.8) is 0 Å². The van der Waals surface area contributed by atoms with Gasteiger partial charge < -0.3 is 15.0 Å². The highest BCUT2D eigenvalue weighted by atomic mass is 35.5. The standard InChI is InChI=1S/C21H28N2O3.ClH/c1-14-5-6-17-15(13-14)21(2)9-7-16(24)19(20(21)26-17)22-18(25)8-12-23-10-3-4-11-23;/h5-6,13,19-20H,3-4,7-12H2,1-2H3,(H,22,25);1H/t19-,20-,21-;/m1./s1. The first kappa shape index (κ1) is 20.2. The highest BCUT2D eigenvalue weighted by molar-refractivity contribution is 5.91. The number of amides is 1. The van der Waals surface area contributed by atoms with Crippen molar-refractivity contribution in [2.45, 2.75) is 63.5 Å². The Bertz CT molecular complexity index is 732. The molecule has 0 spiro atoms. The van der Waals surface area contributed by atoms with Crippen LogP contribution in [-0.4, -0.2) is 48.4 Å². The van der Waals surface area contributed by atoms with Gasteiger partial charge in [0, 0.05) is 30.4 Å². The van der Waals surface area contributed by atoms with E-state index in [1.54, 1.807) is 0 Å². The third-order valence-electron chi connectivity index (χ3n) is 6.34. The summed E-state index contributed by atoms with van der Waals surface area (Å²) in [7, 11) is 0. The van der Waals surface area contributed by atoms with E-state index in [0.717, 1.165) is 31.8 Å². The second-order valence-corrected chi connectivity index (χ2v) is 8.27. The fourth-order valence-corrected chi connectivity index (χ4v) is 4.70. The van der Waals surface area contributed by atoms with E-state index in [2.05, 4.69) is 30.1 Å². The van der Waals surface area contributed by atoms with Crippen LogP contribution in [0.25, 0.3) is 0 Å². The molecule has 1 amide bonds. The number of Topliss-reactive ketones (excluding diaryl/α,β-unsaturated/α-hetero) is 1. The molecule has 5 nitrogen and oxygen atoms in total. The molecule has 1 aliphatic carbocycles. The van der Waals surface area contributed by atoms with E-state index in [-0.39, 0.29) is 35.6 Å². The number of likely N-dealkylation sites (tertiary alicyclic amines) is 1. The number of carbonyl (C=O) groups is 2. The molecule has 0 unspecified atom stereocenters. The van der Waals surface area contributed by atoms with Gasteiger partial charge in [0.25, 0.3) is 0 Å². The number of aryl methyl sites for hydroxylation is 1. The summed E-state index contributed by atoms with van der Waals surface area (Å²) in [6, 6.07) is 5.64. The molecular weight excluding hydrogens is 364 g/mol. The summed E-state index contributed by atoms with van der Waals surface area (Å²) in [4.78, 5) is 27.4. The largest absolute Gasteiger partial charge is 0.487 e. The van der Waals surface area contributed by atoms with E-state index in [4.69, 9.17) is 4.74 Å². The second kappa shape index (κ2) is 7.80. The van der Waals surface area contributed by atoms with Gasteiger partial charge in [-0.2, -0.15) is 0 Å². The van der Waals surface area contributed by atoms with Crippen molar-refractivity contribution in [1.29, 1.82) is 0 Å². The van der Waals surface area contributed by atoms with Crippen molar-refractivity contribution < 1.29 is 14.3 Å². The van der Waals surface area contributed by atoms with Crippen molar-refractivity contribution in [2.24, 2.45) is 0 Å². The van der Waals surface area contributed by atoms with Crippen molar-refractivity contribution in [1.82, 2.24) is 10.2 Å². The van der Waals surface area contributed by atoms with Crippen LogP contribution in [0.15, 0.2) is 18.2 Å². The number of hydrogen-bond acceptors (Lipinski definition) is 4. The van der Waals surface area contributed by atoms with E-state index in [1.807, 2.05) is 12.1 Å². The summed E-state index contributed by atoms with van der Waals surface area (Å²) in [5.41, 5.74) is 2.14. The molecule has 6 heteroatoms. The van der Waals surface area contributed by atoms with Crippen molar-refractivity contribution in [3.8, 4) is 5.75 Å². The predicted molar refractivity (Wildman–Crippen MR) is 107 cm³/mol. The van der Waals surface area contributed by atoms with E-state index < -0.39 is 6.04 Å². The van der Waals surface area contributed by atoms with Crippen LogP contribution in [-0.2, 0) is 15.0 Å². The lowest BCUT2D eigenvalue weighted by Gasteiger charge is -2.39. The lowest BCUT2D eigenvalue weighted by molar-refractivity contribution is -0.133. The molecule has 0 aromatic heterocycles. The number of carbonyl (C=O) groups excluding carboxylic acids is 2. The molecule has 0 radical (unpaired) electrons. The van der Waals surface area contributed by atoms with Crippen LogP contribution in [0, 0.1) is 6.92 Å². The minimum atomic E-state index is -0.549. The molecule has 2 heterocycles. The van der Waals surface area contributed by atoms with Crippen LogP contribution >= 0.6 is 12.4 Å². The van der Waals surface area contributed by atoms with Gasteiger partial charge in [-0.1, -0.05) is 24.6 Å². The number of ketones is 1. The summed E-state index contributed by atoms with van der Waals surface area (Å²) in [5, 5.41) is 3.00. The van der Waals surface area contributed by atoms with Gasteiger partial charge in [0.2, 0.25) is 5.91 Å². The van der Waals surface area contributed by atoms with Gasteiger partial charge >= 0.3 is 0 Å². The Labute approximate surface area is 167 Å². The number of rotatable bonds is 4. The number of benzene rings is 1. The zero-order valence-electron chi connectivity index (χ0n) is 16.1. The number of nitrogens with one attached hydrogen (secondary N) is 1. The first-order valence-corrected chi connectivity index (χ1v) is 9.79. The van der Waals surface area contributed by atoms with Gasteiger partial charge in [0.05, 0.1) is 0 Å². The van der Waals surface area contributed by atoms with Crippen LogP contribution in [0.1, 0.15) is 50.2 Å². The normalized spacial score (nSPS) is 29.5. The van der Waals surface area contributed by atoms with Crippen LogP contribution in [0.5, 0.6) is 5.75 Å². The maximum atomic E-state index is 12.6. The maximum Gasteiger partial charge on any atom is 0.221 e. The Morgan fingerprint density at radius 3 is 2.81 bits per heavy atom. The van der Waals surface area contributed by atoms with Crippen LogP contribution in [0.3, 0.4) is 0 Å². The number of halogens is 1. The average molecular weight is 393 g/mol. The Morgan fingerprint density at radius 1 is 1.33 bits per heavy atom. The quantitative estimate of drug-likeness (QED) is 0.855. The number of nitrogens with zero attached hydrogens (tertiary/aromatic N) is 1. The van der Waals surface area contributed by atoms with Gasteiger partial charge in [-0.25, -0.2) is 0 Å². The minimum absolute atomic E-state index is 0. The van der Waals surface area contributed by atoms with Crippen molar-refractivity contribution in [3.05, 3.63) is 29.3 Å². The monoisotopic (exact) mass is 392 g/mol. The summed E-state index contributed by atoms with van der Waals surface area (Å²) in [6.07, 6.45) is 3.83. The Hall–Kier alpha value is -1.59. The van der Waals surface area contributed by atoms with Crippen molar-refractivity contribution in [2.75, 3.05) is 19.6 Å². The van der Waals surface area contributed by atoms with E-state index in [1.165, 1.54) is 24.0 Å². The van der Waals surface area contributed by atoms with Gasteiger partial charge in [-0.05, 0) is 45.3 Å². The molecule has 3 aliphatic rings. The molecule has 1 saturated heterocycles. The highest BCUT2D eigenvalue weighted by Gasteiger charge is 2.54. The van der Waals surface area contributed by atoms with E-state index in [0.29, 0.717) is 12.8 Å². The molecule has 0 bridgehead atoms. The molecular formula is C21H29ClN2O3. The van der Waals surface area contributed by atoms with Gasteiger partial charge in [-0.15, -0.1) is 12.4 Å². The van der Waals surface area contributed by atoms with Gasteiger partial charge in [-0.3, -0.25) is 9.59 Å². The lowest BCUT2D eigenvalue weighted by atomic mass is 9.67. The molecule has 1 saturated carbocycles. The van der Waals surface area contributed by atoms with Crippen LogP contribution in [0.4, 0.5) is 0 Å². The fourth-order valence-electron chi connectivity index (χ4n) is 4.70. The minimum Gasteiger partial charge on any atom is -0.487 e. The SMILES string of the molecule is Cc1ccc2c(c1)[C@@]1(C)CCC(=O)[C@@H](NC(=O)CCN3CCCC3)[C@H]1O2.Cl. The number of ether oxygens (including phenoxy) is 1. The highest BCUT2D eigenvalue weighted by Crippen LogP contribution is 2.49. The summed E-state index contributed by atoms with van der Waals surface area (Å²) < 4.78 is 6.18. The molecule has 4 rings (SSSR count). The topological polar surface area (TPSA) is 58.6 Å². The fraction of sp³-hybridized carbons (Fsp3) is 0.619. The molecule has 27 heavy (non-hydrogen) atoms. The van der Waals surface area contributed by atoms with Crippen LogP contribution in [0.2, 0.25) is 0 Å². The Morgan fingerprint density at radius 2 is 2.07 bits per heavy atom. The Kier molecular flexibility index (Phi) is 5.82. The van der Waals surface area contributed by atoms with Gasteiger partial charge in [0.15, 0.2) is 5.78 Å². The first-order valence-electron chi connectivity index (χ1n) is 9.79. The average Bonchev–Trinajstić information content (AvgIpc) is 3.23. The third-order valence-corrected chi connectivity index (χ3v) is 6.34. The Balaban J connectivity index is 0.00000210. The molecule has 1 aromatic rings. The molecule has 3 atom stereocenters. The number of fused-ring (bicyclic) bond motifs is 3. The predicted octanol–water partition coefficient (Wildman–Crippen LogP) is 2.77. The molecule has 2 aliphatic heterocycles. The van der Waals surface area contributed by atoms with Gasteiger partial charge in [0.1, 0.15) is 17.9 Å². The van der Waals surface area contributed by atoms with E-state index >= 15 is 0 Å². The first-order chi connectivity index (χ1) is 12.5. The summed E-state index contributed by atoms with van der Waals surface area (Å²) in [5.74, 6) is 0.899. The number of hydrogen-bond donors (Lipinski definition) is 1. The zero-order chi connectivity index (χ0) is 18.3. The zero-order valence-corrected chi connectivity index (χ0v) is 16.9.